The lowest BCUT2D eigenvalue weighted by Gasteiger charge is -2.26. The highest BCUT2D eigenvalue weighted by atomic mass is 19.1. The van der Waals surface area contributed by atoms with E-state index in [1.807, 2.05) is 0 Å². The number of carbonyl (C=O) groups excluding carboxylic acids is 4. The number of rotatable bonds is 4. The molecule has 3 aromatic rings. The molecule has 0 radical (unpaired) electrons. The number of hydrogen-bond acceptors (Lipinski definition) is 6. The van der Waals surface area contributed by atoms with Gasteiger partial charge in [0.05, 0.1) is 18.4 Å². The van der Waals surface area contributed by atoms with Crippen LogP contribution in [0.1, 0.15) is 16.1 Å². The Hall–Kier alpha value is -4.53. The molecule has 9 heteroatoms. The third-order valence-electron chi connectivity index (χ3n) is 4.69. The lowest BCUT2D eigenvalue weighted by Crippen LogP contribution is -2.54. The van der Waals surface area contributed by atoms with Gasteiger partial charge in [-0.3, -0.25) is 14.9 Å². The van der Waals surface area contributed by atoms with E-state index in [2.05, 4.69) is 10.1 Å². The maximum atomic E-state index is 13.2. The van der Waals surface area contributed by atoms with E-state index < -0.39 is 29.6 Å². The molecule has 8 nitrogen and oxygen atoms in total. The highest BCUT2D eigenvalue weighted by Gasteiger charge is 2.37. The van der Waals surface area contributed by atoms with E-state index in [1.54, 1.807) is 36.4 Å². The number of esters is 1. The number of imide groups is 2. The van der Waals surface area contributed by atoms with Crippen LogP contribution < -0.4 is 10.2 Å². The fraction of sp³-hybridized carbons (Fsp3) is 0.0435. The second-order valence-electron chi connectivity index (χ2n) is 6.71. The third kappa shape index (κ3) is 3.91. The summed E-state index contributed by atoms with van der Waals surface area (Å²) < 4.78 is 23.6. The van der Waals surface area contributed by atoms with Crippen molar-refractivity contribution in [1.29, 1.82) is 0 Å². The van der Waals surface area contributed by atoms with E-state index in [-0.39, 0.29) is 17.0 Å². The third-order valence-corrected chi connectivity index (χ3v) is 4.69. The summed E-state index contributed by atoms with van der Waals surface area (Å²) in [6.45, 7) is 0. The van der Waals surface area contributed by atoms with Crippen LogP contribution in [0, 0.1) is 5.82 Å². The van der Waals surface area contributed by atoms with Gasteiger partial charge < -0.3 is 9.15 Å². The zero-order valence-corrected chi connectivity index (χ0v) is 16.6. The van der Waals surface area contributed by atoms with Gasteiger partial charge in [-0.2, -0.15) is 0 Å². The predicted molar refractivity (Wildman–Crippen MR) is 111 cm³/mol. The predicted octanol–water partition coefficient (Wildman–Crippen LogP) is 3.54. The zero-order chi connectivity index (χ0) is 22.8. The van der Waals surface area contributed by atoms with Crippen LogP contribution in [-0.4, -0.2) is 30.9 Å². The molecule has 0 unspecified atom stereocenters. The second kappa shape index (κ2) is 8.31. The molecule has 1 aliphatic heterocycles. The summed E-state index contributed by atoms with van der Waals surface area (Å²) in [4.78, 5) is 49.6. The molecule has 2 aromatic carbocycles. The molecule has 1 aliphatic rings. The molecule has 0 atom stereocenters. The number of methoxy groups -OCH3 is 1. The number of amides is 4. The number of nitrogens with zero attached hydrogens (tertiary/aromatic N) is 1. The lowest BCUT2D eigenvalue weighted by molar-refractivity contribution is -0.122. The molecule has 32 heavy (non-hydrogen) atoms. The molecule has 1 N–H and O–H groups in total. The first kappa shape index (κ1) is 20.7. The summed E-state index contributed by atoms with van der Waals surface area (Å²) >= 11 is 0. The fourth-order valence-electron chi connectivity index (χ4n) is 3.10. The van der Waals surface area contributed by atoms with E-state index in [9.17, 15) is 23.6 Å². The van der Waals surface area contributed by atoms with Crippen LogP contribution in [0.25, 0.3) is 17.4 Å². The van der Waals surface area contributed by atoms with Gasteiger partial charge in [-0.05, 0) is 54.6 Å². The van der Waals surface area contributed by atoms with E-state index in [0.717, 1.165) is 17.0 Å². The smallest absolute Gasteiger partial charge is 0.337 e. The molecule has 1 aromatic heterocycles. The van der Waals surface area contributed by atoms with Crippen LogP contribution in [0.2, 0.25) is 0 Å². The Balaban J connectivity index is 1.61. The second-order valence-corrected chi connectivity index (χ2v) is 6.71. The number of nitrogens with one attached hydrogen (secondary N) is 1. The molecule has 160 valence electrons. The first-order valence-electron chi connectivity index (χ1n) is 9.33. The Morgan fingerprint density at radius 3 is 2.34 bits per heavy atom. The van der Waals surface area contributed by atoms with Crippen LogP contribution in [0.4, 0.5) is 14.9 Å². The molecule has 1 saturated heterocycles. The average Bonchev–Trinajstić information content (AvgIpc) is 3.26. The molecule has 4 amide bonds. The van der Waals surface area contributed by atoms with Crippen molar-refractivity contribution in [3.63, 3.8) is 0 Å². The molecule has 2 heterocycles. The van der Waals surface area contributed by atoms with Gasteiger partial charge in [0.1, 0.15) is 22.9 Å². The minimum Gasteiger partial charge on any atom is -0.465 e. The van der Waals surface area contributed by atoms with E-state index in [0.29, 0.717) is 16.9 Å². The Bertz CT molecular complexity index is 1260. The number of carbonyl (C=O) groups is 4. The van der Waals surface area contributed by atoms with Crippen LogP contribution in [0.3, 0.4) is 0 Å². The van der Waals surface area contributed by atoms with Crippen LogP contribution >= 0.6 is 0 Å². The summed E-state index contributed by atoms with van der Waals surface area (Å²) in [5.41, 5.74) is 0.819. The molecule has 0 bridgehead atoms. The van der Waals surface area contributed by atoms with Crippen molar-refractivity contribution in [2.45, 2.75) is 0 Å². The maximum absolute atomic E-state index is 13.2. The lowest BCUT2D eigenvalue weighted by atomic mass is 10.1. The van der Waals surface area contributed by atoms with Crippen LogP contribution in [0.5, 0.6) is 0 Å². The number of anilines is 1. The average molecular weight is 434 g/mol. The highest BCUT2D eigenvalue weighted by molar-refractivity contribution is 6.39. The summed E-state index contributed by atoms with van der Waals surface area (Å²) in [5, 5.41) is 2.08. The fourth-order valence-corrected chi connectivity index (χ4v) is 3.10. The number of hydrogen-bond donors (Lipinski definition) is 1. The van der Waals surface area contributed by atoms with Gasteiger partial charge in [0, 0.05) is 5.56 Å². The van der Waals surface area contributed by atoms with E-state index in [1.165, 1.54) is 25.3 Å². The van der Waals surface area contributed by atoms with E-state index in [4.69, 9.17) is 4.42 Å². The summed E-state index contributed by atoms with van der Waals surface area (Å²) in [5.74, 6) is -2.12. The number of ether oxygens (including phenoxy) is 1. The number of furan rings is 1. The van der Waals surface area contributed by atoms with Crippen molar-refractivity contribution in [2.75, 3.05) is 12.0 Å². The van der Waals surface area contributed by atoms with Crippen molar-refractivity contribution in [3.8, 4) is 11.3 Å². The van der Waals surface area contributed by atoms with Crippen molar-refractivity contribution < 1.29 is 32.7 Å². The van der Waals surface area contributed by atoms with Crippen LogP contribution in [0.15, 0.2) is 70.7 Å². The van der Waals surface area contributed by atoms with Crippen molar-refractivity contribution in [2.24, 2.45) is 0 Å². The van der Waals surface area contributed by atoms with Gasteiger partial charge in [0.2, 0.25) is 0 Å². The minimum atomic E-state index is -0.936. The molecule has 0 spiro atoms. The van der Waals surface area contributed by atoms with E-state index >= 15 is 0 Å². The standard InChI is InChI=1S/C23H15FN2O6/c1-31-22(29)14-4-2-13(3-5-14)19-11-10-17(32-19)12-18-20(27)25-23(30)26(21(18)28)16-8-6-15(24)7-9-16/h2-12H,1H3,(H,25,27,30)/b18-12+. The molecule has 0 aliphatic carbocycles. The first-order valence-corrected chi connectivity index (χ1v) is 9.33. The summed E-state index contributed by atoms with van der Waals surface area (Å²) in [6, 6.07) is 13.4. The summed E-state index contributed by atoms with van der Waals surface area (Å²) in [7, 11) is 1.29. The number of halogens is 1. The quantitative estimate of drug-likeness (QED) is 0.383. The largest absolute Gasteiger partial charge is 0.465 e. The summed E-state index contributed by atoms with van der Waals surface area (Å²) in [6.07, 6.45) is 1.22. The molecular formula is C23H15FN2O6. The highest BCUT2D eigenvalue weighted by Crippen LogP contribution is 2.26. The monoisotopic (exact) mass is 434 g/mol. The van der Waals surface area contributed by atoms with Crippen molar-refractivity contribution in [3.05, 3.63) is 83.4 Å². The Kier molecular flexibility index (Phi) is 5.38. The van der Waals surface area contributed by atoms with Crippen LogP contribution in [-0.2, 0) is 14.3 Å². The topological polar surface area (TPSA) is 106 Å². The zero-order valence-electron chi connectivity index (χ0n) is 16.6. The van der Waals surface area contributed by atoms with Gasteiger partial charge in [0.25, 0.3) is 11.8 Å². The number of benzene rings is 2. The van der Waals surface area contributed by atoms with Crippen molar-refractivity contribution in [1.82, 2.24) is 5.32 Å². The first-order chi connectivity index (χ1) is 15.4. The molecule has 1 fully saturated rings. The molecular weight excluding hydrogens is 419 g/mol. The number of barbiturate groups is 1. The SMILES string of the molecule is COC(=O)c1ccc(-c2ccc(/C=C3\C(=O)NC(=O)N(c4ccc(F)cc4)C3=O)o2)cc1. The molecule has 4 rings (SSSR count). The van der Waals surface area contributed by atoms with Gasteiger partial charge in [-0.25, -0.2) is 18.9 Å². The minimum absolute atomic E-state index is 0.109. The normalized spacial score (nSPS) is 15.1. The maximum Gasteiger partial charge on any atom is 0.337 e. The van der Waals surface area contributed by atoms with Gasteiger partial charge in [0.15, 0.2) is 0 Å². The van der Waals surface area contributed by atoms with Gasteiger partial charge in [-0.1, -0.05) is 12.1 Å². The Morgan fingerprint density at radius 2 is 1.69 bits per heavy atom. The Labute approximate surface area is 180 Å². The molecule has 0 saturated carbocycles. The Morgan fingerprint density at radius 1 is 1.00 bits per heavy atom. The van der Waals surface area contributed by atoms with Gasteiger partial charge >= 0.3 is 12.0 Å². The van der Waals surface area contributed by atoms with Gasteiger partial charge in [-0.15, -0.1) is 0 Å². The van der Waals surface area contributed by atoms with Crippen molar-refractivity contribution >= 4 is 35.6 Å². The number of urea groups is 1.